The van der Waals surface area contributed by atoms with Gasteiger partial charge in [0.05, 0.1) is 11.8 Å². The van der Waals surface area contributed by atoms with E-state index in [1.54, 1.807) is 0 Å². The molecule has 3 rings (SSSR count). The van der Waals surface area contributed by atoms with E-state index in [2.05, 4.69) is 0 Å². The fourth-order valence-electron chi connectivity index (χ4n) is 2.89. The molecular weight excluding hydrogens is 170 g/mol. The van der Waals surface area contributed by atoms with Crippen LogP contribution in [0.4, 0.5) is 0 Å². The molecule has 2 aliphatic carbocycles. The number of carbonyl (C=O) groups is 2. The normalized spacial score (nSPS) is 46.4. The maximum Gasteiger partial charge on any atom is 0.257 e. The lowest BCUT2D eigenvalue weighted by molar-refractivity contribution is -0.173. The van der Waals surface area contributed by atoms with Crippen LogP contribution in [-0.2, 0) is 9.59 Å². The predicted molar refractivity (Wildman–Crippen MR) is 41.4 cm³/mol. The summed E-state index contributed by atoms with van der Waals surface area (Å²) in [6.07, 6.45) is 4.90. The quantitative estimate of drug-likeness (QED) is 0.328. The Labute approximate surface area is 74.8 Å². The van der Waals surface area contributed by atoms with Crippen molar-refractivity contribution < 1.29 is 14.8 Å². The molecule has 1 saturated carbocycles. The highest BCUT2D eigenvalue weighted by molar-refractivity contribution is 6.05. The molecule has 4 nitrogen and oxygen atoms in total. The van der Waals surface area contributed by atoms with Crippen LogP contribution in [0.25, 0.3) is 0 Å². The zero-order valence-electron chi connectivity index (χ0n) is 6.88. The van der Waals surface area contributed by atoms with Crippen molar-refractivity contribution in [3.05, 3.63) is 12.2 Å². The highest BCUT2D eigenvalue weighted by Crippen LogP contribution is 2.51. The summed E-state index contributed by atoms with van der Waals surface area (Å²) in [6.45, 7) is 0. The van der Waals surface area contributed by atoms with Crippen molar-refractivity contribution >= 4 is 11.8 Å². The molecule has 0 aromatic rings. The summed E-state index contributed by atoms with van der Waals surface area (Å²) in [5, 5.41) is 9.45. The van der Waals surface area contributed by atoms with Gasteiger partial charge in [-0.1, -0.05) is 12.2 Å². The molecule has 0 aromatic carbocycles. The number of hydroxylamine groups is 2. The summed E-state index contributed by atoms with van der Waals surface area (Å²) in [5.41, 5.74) is 0. The second-order valence-corrected chi connectivity index (χ2v) is 3.99. The van der Waals surface area contributed by atoms with Crippen LogP contribution < -0.4 is 0 Å². The minimum Gasteiger partial charge on any atom is -0.278 e. The monoisotopic (exact) mass is 179 g/mol. The van der Waals surface area contributed by atoms with Gasteiger partial charge in [-0.15, -0.1) is 0 Å². The van der Waals surface area contributed by atoms with Gasteiger partial charge in [0.2, 0.25) is 0 Å². The SMILES string of the molecule is O=C1[C@@H]2[C@H](C(=O)N1O)[C@H]1C=C[C@@H]2C1. The third-order valence-electron chi connectivity index (χ3n) is 3.45. The Morgan fingerprint density at radius 3 is 2.08 bits per heavy atom. The molecule has 0 aromatic heterocycles. The third-order valence-corrected chi connectivity index (χ3v) is 3.45. The van der Waals surface area contributed by atoms with Gasteiger partial charge >= 0.3 is 0 Å². The fraction of sp³-hybridized carbons (Fsp3) is 0.556. The third kappa shape index (κ3) is 0.659. The largest absolute Gasteiger partial charge is 0.278 e. The van der Waals surface area contributed by atoms with Gasteiger partial charge in [0, 0.05) is 0 Å². The minimum atomic E-state index is -0.410. The van der Waals surface area contributed by atoms with Crippen molar-refractivity contribution in [2.75, 3.05) is 0 Å². The number of imide groups is 1. The lowest BCUT2D eigenvalue weighted by Crippen LogP contribution is -2.29. The van der Waals surface area contributed by atoms with Gasteiger partial charge in [-0.05, 0) is 18.3 Å². The van der Waals surface area contributed by atoms with E-state index in [9.17, 15) is 9.59 Å². The lowest BCUT2D eigenvalue weighted by Gasteiger charge is -2.13. The summed E-state index contributed by atoms with van der Waals surface area (Å²) in [6, 6.07) is 0. The first-order chi connectivity index (χ1) is 6.20. The van der Waals surface area contributed by atoms with Gasteiger partial charge in [0.25, 0.3) is 11.8 Å². The van der Waals surface area contributed by atoms with Gasteiger partial charge in [-0.2, -0.15) is 5.06 Å². The number of fused-ring (bicyclic) bond motifs is 5. The molecule has 0 radical (unpaired) electrons. The van der Waals surface area contributed by atoms with Crippen LogP contribution in [0.2, 0.25) is 0 Å². The fourth-order valence-corrected chi connectivity index (χ4v) is 2.89. The molecule has 3 aliphatic rings. The Hall–Kier alpha value is -1.16. The molecule has 4 atom stereocenters. The summed E-state index contributed by atoms with van der Waals surface area (Å²) in [5.74, 6) is -0.995. The van der Waals surface area contributed by atoms with E-state index in [4.69, 9.17) is 5.21 Å². The maximum absolute atomic E-state index is 11.4. The van der Waals surface area contributed by atoms with Gasteiger partial charge in [-0.3, -0.25) is 14.8 Å². The van der Waals surface area contributed by atoms with E-state index >= 15 is 0 Å². The number of hydrogen-bond acceptors (Lipinski definition) is 3. The first-order valence-corrected chi connectivity index (χ1v) is 4.45. The predicted octanol–water partition coefficient (Wildman–Crippen LogP) is 0.183. The molecule has 1 aliphatic heterocycles. The van der Waals surface area contributed by atoms with Crippen molar-refractivity contribution in [3.63, 3.8) is 0 Å². The number of rotatable bonds is 0. The van der Waals surface area contributed by atoms with Crippen LogP contribution in [0.1, 0.15) is 6.42 Å². The zero-order valence-corrected chi connectivity index (χ0v) is 6.88. The van der Waals surface area contributed by atoms with Gasteiger partial charge < -0.3 is 0 Å². The summed E-state index contributed by atoms with van der Waals surface area (Å²) >= 11 is 0. The van der Waals surface area contributed by atoms with Gasteiger partial charge in [0.15, 0.2) is 0 Å². The van der Waals surface area contributed by atoms with Crippen molar-refractivity contribution in [2.45, 2.75) is 6.42 Å². The molecule has 2 bridgehead atoms. The van der Waals surface area contributed by atoms with E-state index in [1.165, 1.54) is 0 Å². The Balaban J connectivity index is 2.08. The molecule has 68 valence electrons. The average Bonchev–Trinajstić information content (AvgIpc) is 2.76. The smallest absolute Gasteiger partial charge is 0.257 e. The first-order valence-electron chi connectivity index (χ1n) is 4.45. The highest BCUT2D eigenvalue weighted by atomic mass is 16.5. The van der Waals surface area contributed by atoms with Gasteiger partial charge in [-0.25, -0.2) is 0 Å². The molecule has 13 heavy (non-hydrogen) atoms. The standard InChI is InChI=1S/C9H9NO3/c11-8-6-4-1-2-5(3-4)7(6)9(12)10(8)13/h1-2,4-7,13H,3H2/t4-,5+,6+,7-. The number of hydrogen-bond donors (Lipinski definition) is 1. The second kappa shape index (κ2) is 2.01. The summed E-state index contributed by atoms with van der Waals surface area (Å²) in [4.78, 5) is 22.8. The highest BCUT2D eigenvalue weighted by Gasteiger charge is 2.59. The Morgan fingerprint density at radius 1 is 1.15 bits per heavy atom. The Kier molecular flexibility index (Phi) is 1.12. The summed E-state index contributed by atoms with van der Waals surface area (Å²) in [7, 11) is 0. The van der Waals surface area contributed by atoms with Crippen LogP contribution in [-0.4, -0.2) is 22.1 Å². The molecule has 1 heterocycles. The molecule has 2 amide bonds. The van der Waals surface area contributed by atoms with Crippen LogP contribution in [0.15, 0.2) is 12.2 Å². The number of carbonyl (C=O) groups excluding carboxylic acids is 2. The van der Waals surface area contributed by atoms with Crippen LogP contribution in [0.5, 0.6) is 0 Å². The van der Waals surface area contributed by atoms with Crippen LogP contribution in [0.3, 0.4) is 0 Å². The van der Waals surface area contributed by atoms with E-state index < -0.39 is 11.8 Å². The number of nitrogens with zero attached hydrogens (tertiary/aromatic N) is 1. The van der Waals surface area contributed by atoms with Crippen molar-refractivity contribution in [3.8, 4) is 0 Å². The summed E-state index contributed by atoms with van der Waals surface area (Å²) < 4.78 is 0. The zero-order chi connectivity index (χ0) is 9.16. The number of allylic oxidation sites excluding steroid dienone is 2. The molecule has 1 saturated heterocycles. The minimum absolute atomic E-state index is 0.184. The molecule has 0 unspecified atom stereocenters. The molecular formula is C9H9NO3. The van der Waals surface area contributed by atoms with E-state index in [-0.39, 0.29) is 23.7 Å². The maximum atomic E-state index is 11.4. The van der Waals surface area contributed by atoms with E-state index in [1.807, 2.05) is 12.2 Å². The first kappa shape index (κ1) is 7.26. The van der Waals surface area contributed by atoms with Crippen LogP contribution >= 0.6 is 0 Å². The van der Waals surface area contributed by atoms with Crippen LogP contribution in [0, 0.1) is 23.7 Å². The molecule has 0 spiro atoms. The molecule has 2 fully saturated rings. The molecule has 4 heteroatoms. The Morgan fingerprint density at radius 2 is 1.62 bits per heavy atom. The van der Waals surface area contributed by atoms with E-state index in [0.717, 1.165) is 6.42 Å². The molecule has 1 N–H and O–H groups in total. The average molecular weight is 179 g/mol. The second-order valence-electron chi connectivity index (χ2n) is 3.99. The van der Waals surface area contributed by atoms with Crippen molar-refractivity contribution in [1.29, 1.82) is 0 Å². The topological polar surface area (TPSA) is 57.6 Å². The van der Waals surface area contributed by atoms with E-state index in [0.29, 0.717) is 5.06 Å². The number of amides is 2. The lowest BCUT2D eigenvalue weighted by atomic mass is 9.85. The van der Waals surface area contributed by atoms with Gasteiger partial charge in [0.1, 0.15) is 0 Å². The van der Waals surface area contributed by atoms with Crippen molar-refractivity contribution in [1.82, 2.24) is 5.06 Å². The van der Waals surface area contributed by atoms with Crippen molar-refractivity contribution in [2.24, 2.45) is 23.7 Å². The Bertz CT molecular complexity index is 306.